The SMILES string of the molecule is [CH2]c1sc2sc([CH2])c(C)c2c1C. The molecule has 2 aromatic rings. The van der Waals surface area contributed by atoms with Crippen molar-refractivity contribution in [3.63, 3.8) is 0 Å². The third-order valence-electron chi connectivity index (χ3n) is 2.22. The molecule has 0 aliphatic rings. The molecule has 0 fully saturated rings. The van der Waals surface area contributed by atoms with E-state index in [2.05, 4.69) is 27.7 Å². The Balaban J connectivity index is 2.94. The molecule has 62 valence electrons. The van der Waals surface area contributed by atoms with Crippen LogP contribution in [0.25, 0.3) is 9.40 Å². The van der Waals surface area contributed by atoms with Gasteiger partial charge in [0, 0.05) is 15.1 Å². The molecule has 0 aromatic carbocycles. The second-order valence-corrected chi connectivity index (χ2v) is 5.43. The predicted octanol–water partition coefficient (Wildman–Crippen LogP) is 3.94. The normalized spacial score (nSPS) is 11.3. The molecule has 0 aliphatic heterocycles. The van der Waals surface area contributed by atoms with Crippen LogP contribution in [0.4, 0.5) is 0 Å². The van der Waals surface area contributed by atoms with E-state index in [0.717, 1.165) is 0 Å². The van der Waals surface area contributed by atoms with E-state index >= 15 is 0 Å². The van der Waals surface area contributed by atoms with Crippen LogP contribution in [0.15, 0.2) is 0 Å². The fourth-order valence-electron chi connectivity index (χ4n) is 1.37. The summed E-state index contributed by atoms with van der Waals surface area (Å²) < 4.78 is 1.38. The highest BCUT2D eigenvalue weighted by Gasteiger charge is 2.11. The quantitative estimate of drug-likeness (QED) is 0.596. The van der Waals surface area contributed by atoms with Gasteiger partial charge in [0.2, 0.25) is 0 Å². The first-order chi connectivity index (χ1) is 5.61. The summed E-state index contributed by atoms with van der Waals surface area (Å²) in [6.07, 6.45) is 0. The van der Waals surface area contributed by atoms with E-state index < -0.39 is 0 Å². The lowest BCUT2D eigenvalue weighted by Crippen LogP contribution is -1.73. The molecule has 2 radical (unpaired) electrons. The number of fused-ring (bicyclic) bond motifs is 1. The van der Waals surface area contributed by atoms with Crippen molar-refractivity contribution in [3.8, 4) is 0 Å². The molecule has 0 saturated carbocycles. The first-order valence-electron chi connectivity index (χ1n) is 3.77. The van der Waals surface area contributed by atoms with Crippen molar-refractivity contribution >= 4 is 32.1 Å². The number of hydrogen-bond donors (Lipinski definition) is 0. The van der Waals surface area contributed by atoms with Crippen LogP contribution >= 0.6 is 22.7 Å². The lowest BCUT2D eigenvalue weighted by Gasteiger charge is -1.91. The maximum atomic E-state index is 4.01. The standard InChI is InChI=1S/C10H10S2/c1-5-7(3)11-10-9(5)6(2)8(4)12-10/h3-4H2,1-2H3. The van der Waals surface area contributed by atoms with Gasteiger partial charge >= 0.3 is 0 Å². The molecule has 12 heavy (non-hydrogen) atoms. The van der Waals surface area contributed by atoms with Crippen molar-refractivity contribution in [1.29, 1.82) is 0 Å². The highest BCUT2D eigenvalue weighted by atomic mass is 32.2. The van der Waals surface area contributed by atoms with Crippen LogP contribution in [0.2, 0.25) is 0 Å². The summed E-state index contributed by atoms with van der Waals surface area (Å²) in [5, 5.41) is 1.39. The Bertz CT molecular complexity index is 395. The number of aryl methyl sites for hydroxylation is 2. The van der Waals surface area contributed by atoms with Crippen molar-refractivity contribution in [3.05, 3.63) is 34.7 Å². The molecule has 0 bridgehead atoms. The molecule has 2 heteroatoms. The van der Waals surface area contributed by atoms with Crippen LogP contribution in [0.5, 0.6) is 0 Å². The fourth-order valence-corrected chi connectivity index (χ4v) is 3.91. The highest BCUT2D eigenvalue weighted by Crippen LogP contribution is 2.39. The van der Waals surface area contributed by atoms with Gasteiger partial charge < -0.3 is 0 Å². The summed E-state index contributed by atoms with van der Waals surface area (Å²) in [7, 11) is 0. The van der Waals surface area contributed by atoms with Gasteiger partial charge in [-0.1, -0.05) is 0 Å². The summed E-state index contributed by atoms with van der Waals surface area (Å²) in [5.41, 5.74) is 2.66. The molecule has 2 heterocycles. The van der Waals surface area contributed by atoms with E-state index in [1.807, 2.05) is 0 Å². The van der Waals surface area contributed by atoms with Gasteiger partial charge in [0.15, 0.2) is 0 Å². The predicted molar refractivity (Wildman–Crippen MR) is 58.1 cm³/mol. The van der Waals surface area contributed by atoms with Crippen LogP contribution < -0.4 is 0 Å². The molecule has 0 aliphatic carbocycles. The average molecular weight is 194 g/mol. The minimum absolute atomic E-state index is 1.19. The van der Waals surface area contributed by atoms with Crippen molar-refractivity contribution in [2.45, 2.75) is 13.8 Å². The lowest BCUT2D eigenvalue weighted by molar-refractivity contribution is 1.49. The van der Waals surface area contributed by atoms with Gasteiger partial charge in [-0.2, -0.15) is 0 Å². The zero-order valence-corrected chi connectivity index (χ0v) is 8.86. The van der Waals surface area contributed by atoms with Crippen molar-refractivity contribution < 1.29 is 0 Å². The summed E-state index contributed by atoms with van der Waals surface area (Å²) >= 11 is 3.56. The van der Waals surface area contributed by atoms with Crippen LogP contribution in [0.1, 0.15) is 20.9 Å². The first kappa shape index (κ1) is 8.27. The van der Waals surface area contributed by atoms with Gasteiger partial charge in [-0.3, -0.25) is 0 Å². The van der Waals surface area contributed by atoms with Crippen LogP contribution in [0.3, 0.4) is 0 Å². The fraction of sp³-hybridized carbons (Fsp3) is 0.200. The Morgan fingerprint density at radius 2 is 1.33 bits per heavy atom. The summed E-state index contributed by atoms with van der Waals surface area (Å²) in [4.78, 5) is 2.39. The Hall–Kier alpha value is -0.340. The lowest BCUT2D eigenvalue weighted by atomic mass is 10.1. The van der Waals surface area contributed by atoms with Gasteiger partial charge in [-0.05, 0) is 38.8 Å². The molecule has 0 atom stereocenters. The molecule has 0 saturated heterocycles. The number of rotatable bonds is 0. The largest absolute Gasteiger partial charge is 0.129 e. The zero-order chi connectivity index (χ0) is 8.88. The van der Waals surface area contributed by atoms with E-state index in [9.17, 15) is 0 Å². The maximum Gasteiger partial charge on any atom is 0.0876 e. The molecule has 2 aromatic heterocycles. The van der Waals surface area contributed by atoms with Gasteiger partial charge in [0.05, 0.1) is 4.01 Å². The molecular formula is C10H10S2. The van der Waals surface area contributed by atoms with Crippen molar-refractivity contribution in [1.82, 2.24) is 0 Å². The highest BCUT2D eigenvalue weighted by molar-refractivity contribution is 7.38. The molecule has 0 spiro atoms. The van der Waals surface area contributed by atoms with E-state index in [-0.39, 0.29) is 0 Å². The van der Waals surface area contributed by atoms with Gasteiger partial charge in [0.1, 0.15) is 0 Å². The third-order valence-corrected chi connectivity index (χ3v) is 4.61. The maximum absolute atomic E-state index is 4.01. The summed E-state index contributed by atoms with van der Waals surface area (Å²) in [6.45, 7) is 12.3. The van der Waals surface area contributed by atoms with Gasteiger partial charge in [-0.15, -0.1) is 22.7 Å². The van der Waals surface area contributed by atoms with Crippen LogP contribution in [-0.4, -0.2) is 0 Å². The molecule has 0 nitrogen and oxygen atoms in total. The number of thiophene rings is 2. The third kappa shape index (κ3) is 0.947. The summed E-state index contributed by atoms with van der Waals surface area (Å²) in [5.74, 6) is 0. The minimum atomic E-state index is 1.19. The number of hydrogen-bond acceptors (Lipinski definition) is 2. The first-order valence-corrected chi connectivity index (χ1v) is 5.41. The van der Waals surface area contributed by atoms with E-state index in [0.29, 0.717) is 0 Å². The van der Waals surface area contributed by atoms with Crippen molar-refractivity contribution in [2.24, 2.45) is 0 Å². The van der Waals surface area contributed by atoms with Crippen molar-refractivity contribution in [2.75, 3.05) is 0 Å². The second kappa shape index (κ2) is 2.57. The summed E-state index contributed by atoms with van der Waals surface area (Å²) in [6, 6.07) is 0. The molecular weight excluding hydrogens is 184 g/mol. The van der Waals surface area contributed by atoms with Gasteiger partial charge in [0.25, 0.3) is 0 Å². The van der Waals surface area contributed by atoms with Gasteiger partial charge in [-0.25, -0.2) is 0 Å². The minimum Gasteiger partial charge on any atom is -0.129 e. The Kier molecular flexibility index (Phi) is 1.77. The zero-order valence-electron chi connectivity index (χ0n) is 7.23. The molecule has 0 N–H and O–H groups in total. The Morgan fingerprint density at radius 3 is 1.67 bits per heavy atom. The van der Waals surface area contributed by atoms with E-state index in [1.165, 1.54) is 30.3 Å². The monoisotopic (exact) mass is 194 g/mol. The Labute approximate surface area is 80.9 Å². The second-order valence-electron chi connectivity index (χ2n) is 2.96. The van der Waals surface area contributed by atoms with E-state index in [1.54, 1.807) is 22.7 Å². The molecule has 0 amide bonds. The molecule has 2 rings (SSSR count). The molecule has 0 unspecified atom stereocenters. The smallest absolute Gasteiger partial charge is 0.0876 e. The van der Waals surface area contributed by atoms with E-state index in [4.69, 9.17) is 0 Å². The Morgan fingerprint density at radius 1 is 0.917 bits per heavy atom. The van der Waals surface area contributed by atoms with Crippen LogP contribution in [0, 0.1) is 27.7 Å². The average Bonchev–Trinajstić information content (AvgIpc) is 2.40. The van der Waals surface area contributed by atoms with Crippen LogP contribution in [-0.2, 0) is 0 Å². The topological polar surface area (TPSA) is 0 Å².